The Hall–Kier alpha value is -1.84. The monoisotopic (exact) mass is 344 g/mol. The van der Waals surface area contributed by atoms with Crippen molar-refractivity contribution >= 4 is 11.8 Å². The highest BCUT2D eigenvalue weighted by molar-refractivity contribution is 5.97. The minimum absolute atomic E-state index is 0.0565. The maximum atomic E-state index is 12.7. The van der Waals surface area contributed by atoms with Crippen molar-refractivity contribution in [2.75, 3.05) is 13.1 Å². The van der Waals surface area contributed by atoms with E-state index in [0.29, 0.717) is 17.9 Å². The van der Waals surface area contributed by atoms with E-state index in [1.54, 1.807) is 0 Å². The van der Waals surface area contributed by atoms with Gasteiger partial charge in [-0.25, -0.2) is 0 Å². The Bertz CT molecular complexity index is 593. The summed E-state index contributed by atoms with van der Waals surface area (Å²) in [6, 6.07) is 7.25. The normalized spacial score (nSPS) is 16.2. The molecule has 1 aromatic carbocycles. The van der Waals surface area contributed by atoms with Crippen LogP contribution in [0.5, 0.6) is 0 Å². The summed E-state index contributed by atoms with van der Waals surface area (Å²) >= 11 is 0. The van der Waals surface area contributed by atoms with E-state index >= 15 is 0 Å². The molecule has 0 aromatic heterocycles. The van der Waals surface area contributed by atoms with Crippen molar-refractivity contribution in [3.05, 3.63) is 35.4 Å². The number of carbonyl (C=O) groups excluding carboxylic acids is 2. The van der Waals surface area contributed by atoms with E-state index < -0.39 is 6.04 Å². The molecule has 0 saturated carbocycles. The van der Waals surface area contributed by atoms with Gasteiger partial charge in [-0.3, -0.25) is 9.59 Å². The molecule has 0 spiro atoms. The lowest BCUT2D eigenvalue weighted by Gasteiger charge is -2.25. The molecule has 1 heterocycles. The average molecular weight is 344 g/mol. The Morgan fingerprint density at radius 3 is 2.12 bits per heavy atom. The van der Waals surface area contributed by atoms with Crippen LogP contribution in [-0.4, -0.2) is 35.8 Å². The van der Waals surface area contributed by atoms with E-state index in [1.165, 1.54) is 5.56 Å². The summed E-state index contributed by atoms with van der Waals surface area (Å²) in [5.41, 5.74) is 1.85. The zero-order chi connectivity index (χ0) is 18.6. The van der Waals surface area contributed by atoms with Crippen molar-refractivity contribution in [1.82, 2.24) is 10.2 Å². The van der Waals surface area contributed by atoms with Crippen LogP contribution >= 0.6 is 0 Å². The lowest BCUT2D eigenvalue weighted by Crippen LogP contribution is -2.48. The van der Waals surface area contributed by atoms with Crippen LogP contribution in [0, 0.1) is 5.92 Å². The quantitative estimate of drug-likeness (QED) is 0.884. The lowest BCUT2D eigenvalue weighted by atomic mass is 9.86. The van der Waals surface area contributed by atoms with Gasteiger partial charge >= 0.3 is 0 Å². The zero-order valence-corrected chi connectivity index (χ0v) is 16.3. The van der Waals surface area contributed by atoms with Gasteiger partial charge in [0, 0.05) is 18.7 Å². The van der Waals surface area contributed by atoms with Gasteiger partial charge in [-0.2, -0.15) is 0 Å². The first-order valence-corrected chi connectivity index (χ1v) is 9.38. The third kappa shape index (κ3) is 5.32. The number of hydrogen-bond acceptors (Lipinski definition) is 2. The van der Waals surface area contributed by atoms with Gasteiger partial charge < -0.3 is 10.2 Å². The molecule has 0 aliphatic carbocycles. The fourth-order valence-electron chi connectivity index (χ4n) is 3.21. The second-order valence-electron chi connectivity index (χ2n) is 8.52. The fraction of sp³-hybridized carbons (Fsp3) is 0.619. The molecule has 1 atom stereocenters. The molecule has 1 aliphatic rings. The molecule has 1 aliphatic heterocycles. The second-order valence-corrected chi connectivity index (χ2v) is 8.52. The topological polar surface area (TPSA) is 49.4 Å². The molecule has 4 nitrogen and oxygen atoms in total. The smallest absolute Gasteiger partial charge is 0.251 e. The number of hydrogen-bond donors (Lipinski definition) is 1. The predicted molar refractivity (Wildman–Crippen MR) is 102 cm³/mol. The molecule has 1 saturated heterocycles. The van der Waals surface area contributed by atoms with Crippen molar-refractivity contribution in [3.8, 4) is 0 Å². The first kappa shape index (κ1) is 19.5. The van der Waals surface area contributed by atoms with Gasteiger partial charge in [-0.15, -0.1) is 0 Å². The van der Waals surface area contributed by atoms with Crippen molar-refractivity contribution in [3.63, 3.8) is 0 Å². The molecule has 0 bridgehead atoms. The van der Waals surface area contributed by atoms with E-state index in [9.17, 15) is 9.59 Å². The highest BCUT2D eigenvalue weighted by atomic mass is 16.2. The Morgan fingerprint density at radius 2 is 1.64 bits per heavy atom. The van der Waals surface area contributed by atoms with Crippen molar-refractivity contribution in [2.45, 2.75) is 65.3 Å². The van der Waals surface area contributed by atoms with Crippen LogP contribution in [0.3, 0.4) is 0 Å². The molecular formula is C21H32N2O2. The third-order valence-electron chi connectivity index (χ3n) is 4.74. The maximum absolute atomic E-state index is 12.7. The molecule has 4 heteroatoms. The van der Waals surface area contributed by atoms with Gasteiger partial charge in [0.15, 0.2) is 0 Å². The summed E-state index contributed by atoms with van der Waals surface area (Å²) < 4.78 is 0. The van der Waals surface area contributed by atoms with Gasteiger partial charge in [-0.05, 0) is 48.3 Å². The SMILES string of the molecule is CC(C)C[C@@H](NC(=O)c1ccc(C(C)(C)C)cc1)C(=O)N1CCCC1. The third-order valence-corrected chi connectivity index (χ3v) is 4.74. The molecule has 25 heavy (non-hydrogen) atoms. The standard InChI is InChI=1S/C21H32N2O2/c1-15(2)14-18(20(25)23-12-6-7-13-23)22-19(24)16-8-10-17(11-9-16)21(3,4)5/h8-11,15,18H,6-7,12-14H2,1-5H3,(H,22,24)/t18-/m1/s1. The number of carbonyl (C=O) groups is 2. The van der Waals surface area contributed by atoms with Gasteiger partial charge in [0.05, 0.1) is 0 Å². The molecule has 1 aromatic rings. The van der Waals surface area contributed by atoms with Crippen LogP contribution in [0.1, 0.15) is 69.8 Å². The Labute approximate surface area is 152 Å². The van der Waals surface area contributed by atoms with Crippen LogP contribution < -0.4 is 5.32 Å². The van der Waals surface area contributed by atoms with Crippen molar-refractivity contribution in [2.24, 2.45) is 5.92 Å². The van der Waals surface area contributed by atoms with Gasteiger partial charge in [0.25, 0.3) is 5.91 Å². The number of amides is 2. The molecule has 1 N–H and O–H groups in total. The number of nitrogens with one attached hydrogen (secondary N) is 1. The fourth-order valence-corrected chi connectivity index (χ4v) is 3.21. The van der Waals surface area contributed by atoms with E-state index in [2.05, 4.69) is 39.9 Å². The minimum atomic E-state index is -0.437. The first-order chi connectivity index (χ1) is 11.7. The average Bonchev–Trinajstić information content (AvgIpc) is 3.06. The molecular weight excluding hydrogens is 312 g/mol. The van der Waals surface area contributed by atoms with Gasteiger partial charge in [0.2, 0.25) is 5.91 Å². The first-order valence-electron chi connectivity index (χ1n) is 9.38. The summed E-state index contributed by atoms with van der Waals surface area (Å²) in [6.45, 7) is 12.2. The molecule has 2 rings (SSSR count). The molecule has 2 amide bonds. The maximum Gasteiger partial charge on any atom is 0.251 e. The van der Waals surface area contributed by atoms with Crippen molar-refractivity contribution < 1.29 is 9.59 Å². The largest absolute Gasteiger partial charge is 0.341 e. The number of rotatable bonds is 5. The summed E-state index contributed by atoms with van der Waals surface area (Å²) in [6.07, 6.45) is 2.78. The molecule has 0 unspecified atom stereocenters. The molecule has 138 valence electrons. The van der Waals surface area contributed by atoms with Gasteiger partial charge in [-0.1, -0.05) is 46.8 Å². The molecule has 1 fully saturated rings. The second kappa shape index (κ2) is 8.03. The Balaban J connectivity index is 2.09. The zero-order valence-electron chi connectivity index (χ0n) is 16.3. The highest BCUT2D eigenvalue weighted by Gasteiger charge is 2.28. The van der Waals surface area contributed by atoms with Crippen LogP contribution in [-0.2, 0) is 10.2 Å². The van der Waals surface area contributed by atoms with Crippen LogP contribution in [0.25, 0.3) is 0 Å². The van der Waals surface area contributed by atoms with Crippen LogP contribution in [0.2, 0.25) is 0 Å². The Kier molecular flexibility index (Phi) is 6.26. The summed E-state index contributed by atoms with van der Waals surface area (Å²) in [7, 11) is 0. The summed E-state index contributed by atoms with van der Waals surface area (Å²) in [4.78, 5) is 27.3. The van der Waals surface area contributed by atoms with E-state index in [-0.39, 0.29) is 17.2 Å². The van der Waals surface area contributed by atoms with E-state index in [0.717, 1.165) is 25.9 Å². The van der Waals surface area contributed by atoms with Crippen LogP contribution in [0.4, 0.5) is 0 Å². The summed E-state index contributed by atoms with van der Waals surface area (Å²) in [5, 5.41) is 2.97. The number of benzene rings is 1. The summed E-state index contributed by atoms with van der Waals surface area (Å²) in [5.74, 6) is 0.240. The van der Waals surface area contributed by atoms with Crippen LogP contribution in [0.15, 0.2) is 24.3 Å². The van der Waals surface area contributed by atoms with E-state index in [1.807, 2.05) is 29.2 Å². The molecule has 0 radical (unpaired) electrons. The lowest BCUT2D eigenvalue weighted by molar-refractivity contribution is -0.132. The van der Waals surface area contributed by atoms with Crippen molar-refractivity contribution in [1.29, 1.82) is 0 Å². The van der Waals surface area contributed by atoms with Gasteiger partial charge in [0.1, 0.15) is 6.04 Å². The Morgan fingerprint density at radius 1 is 1.08 bits per heavy atom. The van der Waals surface area contributed by atoms with E-state index in [4.69, 9.17) is 0 Å². The highest BCUT2D eigenvalue weighted by Crippen LogP contribution is 2.22. The number of nitrogens with zero attached hydrogens (tertiary/aromatic N) is 1. The predicted octanol–water partition coefficient (Wildman–Crippen LogP) is 3.75. The minimum Gasteiger partial charge on any atom is -0.341 e. The number of likely N-dealkylation sites (tertiary alicyclic amines) is 1.